The third kappa shape index (κ3) is 4.51. The summed E-state index contributed by atoms with van der Waals surface area (Å²) in [6.07, 6.45) is 2.43. The van der Waals surface area contributed by atoms with Gasteiger partial charge in [0.2, 0.25) is 0 Å². The van der Waals surface area contributed by atoms with Crippen LogP contribution in [0.25, 0.3) is 10.9 Å². The Balaban J connectivity index is 1.88. The van der Waals surface area contributed by atoms with Crippen molar-refractivity contribution < 1.29 is 24.1 Å². The van der Waals surface area contributed by atoms with Gasteiger partial charge < -0.3 is 19.3 Å². The molecule has 0 aliphatic carbocycles. The Hall–Kier alpha value is -3.48. The number of ether oxygens (including phenoxy) is 3. The summed E-state index contributed by atoms with van der Waals surface area (Å²) in [4.78, 5) is 17.2. The van der Waals surface area contributed by atoms with Crippen molar-refractivity contribution in [1.82, 2.24) is 4.98 Å². The van der Waals surface area contributed by atoms with E-state index in [9.17, 15) is 9.90 Å². The monoisotopic (exact) mass is 396 g/mol. The van der Waals surface area contributed by atoms with E-state index in [1.807, 2.05) is 13.0 Å². The fourth-order valence-corrected chi connectivity index (χ4v) is 3.01. The molecule has 3 rings (SSSR count). The zero-order valence-electron chi connectivity index (χ0n) is 16.7. The molecule has 1 aromatic heterocycles. The van der Waals surface area contributed by atoms with Crippen molar-refractivity contribution in [2.24, 2.45) is 0 Å². The Labute approximate surface area is 169 Å². The lowest BCUT2D eigenvalue weighted by Crippen LogP contribution is -2.30. The van der Waals surface area contributed by atoms with Gasteiger partial charge in [-0.1, -0.05) is 13.3 Å². The molecule has 0 saturated carbocycles. The maximum absolute atomic E-state index is 11.5. The smallest absolute Gasteiger partial charge is 0.411 e. The SMILES string of the molecule is CCCCN(C(=O)O)c1ccc(Oc2ccnc3cc(OC)c(OC)cc23)cc1. The van der Waals surface area contributed by atoms with Crippen LogP contribution in [0.3, 0.4) is 0 Å². The number of hydrogen-bond donors (Lipinski definition) is 1. The lowest BCUT2D eigenvalue weighted by Gasteiger charge is -2.19. The van der Waals surface area contributed by atoms with Crippen LogP contribution < -0.4 is 19.1 Å². The van der Waals surface area contributed by atoms with Gasteiger partial charge in [0.1, 0.15) is 11.5 Å². The maximum Gasteiger partial charge on any atom is 0.411 e. The second-order valence-corrected chi connectivity index (χ2v) is 6.42. The highest BCUT2D eigenvalue weighted by atomic mass is 16.5. The first kappa shape index (κ1) is 20.3. The third-order valence-electron chi connectivity index (χ3n) is 4.55. The Bertz CT molecular complexity index is 988. The normalized spacial score (nSPS) is 10.6. The fraction of sp³-hybridized carbons (Fsp3) is 0.273. The number of benzene rings is 2. The van der Waals surface area contributed by atoms with Crippen LogP contribution in [0, 0.1) is 0 Å². The second-order valence-electron chi connectivity index (χ2n) is 6.42. The van der Waals surface area contributed by atoms with Gasteiger partial charge in [-0.15, -0.1) is 0 Å². The molecule has 0 spiro atoms. The van der Waals surface area contributed by atoms with Crippen molar-refractivity contribution >= 4 is 22.7 Å². The molecule has 7 heteroatoms. The predicted octanol–water partition coefficient (Wildman–Crippen LogP) is 5.33. The molecule has 3 aromatic rings. The van der Waals surface area contributed by atoms with Crippen molar-refractivity contribution in [3.63, 3.8) is 0 Å². The van der Waals surface area contributed by atoms with Gasteiger partial charge in [0, 0.05) is 29.9 Å². The van der Waals surface area contributed by atoms with Crippen LogP contribution in [0.1, 0.15) is 19.8 Å². The minimum Gasteiger partial charge on any atom is -0.493 e. The van der Waals surface area contributed by atoms with Crippen molar-refractivity contribution in [1.29, 1.82) is 0 Å². The number of pyridine rings is 1. The molecule has 0 aliphatic heterocycles. The topological polar surface area (TPSA) is 81.1 Å². The number of anilines is 1. The average molecular weight is 396 g/mol. The van der Waals surface area contributed by atoms with Crippen LogP contribution in [0.2, 0.25) is 0 Å². The zero-order chi connectivity index (χ0) is 20.8. The number of nitrogens with zero attached hydrogens (tertiary/aromatic N) is 2. The third-order valence-corrected chi connectivity index (χ3v) is 4.55. The van der Waals surface area contributed by atoms with E-state index < -0.39 is 6.09 Å². The summed E-state index contributed by atoms with van der Waals surface area (Å²) >= 11 is 0. The highest BCUT2D eigenvalue weighted by Crippen LogP contribution is 2.37. The fourth-order valence-electron chi connectivity index (χ4n) is 3.01. The molecule has 152 valence electrons. The summed E-state index contributed by atoms with van der Waals surface area (Å²) < 4.78 is 16.7. The molecule has 0 fully saturated rings. The van der Waals surface area contributed by atoms with E-state index in [4.69, 9.17) is 14.2 Å². The summed E-state index contributed by atoms with van der Waals surface area (Å²) in [6.45, 7) is 2.49. The van der Waals surface area contributed by atoms with E-state index >= 15 is 0 Å². The quantitative estimate of drug-likeness (QED) is 0.554. The van der Waals surface area contributed by atoms with Crippen LogP contribution in [0.5, 0.6) is 23.0 Å². The molecule has 0 unspecified atom stereocenters. The summed E-state index contributed by atoms with van der Waals surface area (Å²) in [6, 6.07) is 12.4. The number of methoxy groups -OCH3 is 2. The number of carbonyl (C=O) groups is 1. The van der Waals surface area contributed by atoms with E-state index in [-0.39, 0.29) is 0 Å². The standard InChI is InChI=1S/C22H24N2O5/c1-4-5-12-24(22(25)26)15-6-8-16(9-7-15)29-19-10-11-23-18-14-21(28-3)20(27-2)13-17(18)19/h6-11,13-14H,4-5,12H2,1-3H3,(H,25,26). The number of aromatic nitrogens is 1. The molecule has 2 aromatic carbocycles. The maximum atomic E-state index is 11.5. The molecule has 1 N–H and O–H groups in total. The molecule has 0 saturated heterocycles. The molecule has 7 nitrogen and oxygen atoms in total. The van der Waals surface area contributed by atoms with E-state index in [2.05, 4.69) is 4.98 Å². The summed E-state index contributed by atoms with van der Waals surface area (Å²) in [7, 11) is 3.15. The van der Waals surface area contributed by atoms with E-state index in [0.29, 0.717) is 40.7 Å². The van der Waals surface area contributed by atoms with Gasteiger partial charge >= 0.3 is 6.09 Å². The molecule has 0 bridgehead atoms. The number of rotatable bonds is 8. The first-order valence-electron chi connectivity index (χ1n) is 9.36. The van der Waals surface area contributed by atoms with Crippen molar-refractivity contribution in [2.45, 2.75) is 19.8 Å². The van der Waals surface area contributed by atoms with Crippen LogP contribution in [-0.4, -0.2) is 36.9 Å². The first-order valence-corrected chi connectivity index (χ1v) is 9.36. The molecule has 1 heterocycles. The van der Waals surface area contributed by atoms with E-state index in [0.717, 1.165) is 18.2 Å². The number of amides is 1. The minimum absolute atomic E-state index is 0.461. The van der Waals surface area contributed by atoms with Gasteiger partial charge in [-0.25, -0.2) is 4.79 Å². The highest BCUT2D eigenvalue weighted by Gasteiger charge is 2.14. The van der Waals surface area contributed by atoms with Gasteiger partial charge in [0.05, 0.1) is 19.7 Å². The van der Waals surface area contributed by atoms with Gasteiger partial charge in [0.25, 0.3) is 0 Å². The summed E-state index contributed by atoms with van der Waals surface area (Å²) in [5.41, 5.74) is 1.33. The largest absolute Gasteiger partial charge is 0.493 e. The van der Waals surface area contributed by atoms with Crippen molar-refractivity contribution in [3.8, 4) is 23.0 Å². The van der Waals surface area contributed by atoms with Gasteiger partial charge in [-0.05, 0) is 42.8 Å². The molecule has 0 radical (unpaired) electrons. The number of fused-ring (bicyclic) bond motifs is 1. The van der Waals surface area contributed by atoms with Crippen molar-refractivity contribution in [2.75, 3.05) is 25.7 Å². The van der Waals surface area contributed by atoms with Gasteiger partial charge in [-0.3, -0.25) is 9.88 Å². The summed E-state index contributed by atoms with van der Waals surface area (Å²) in [5, 5.41) is 10.2. The minimum atomic E-state index is -0.965. The van der Waals surface area contributed by atoms with Crippen LogP contribution in [0.4, 0.5) is 10.5 Å². The molecular weight excluding hydrogens is 372 g/mol. The predicted molar refractivity (Wildman–Crippen MR) is 112 cm³/mol. The van der Waals surface area contributed by atoms with Crippen LogP contribution in [-0.2, 0) is 0 Å². The molecule has 0 atom stereocenters. The van der Waals surface area contributed by atoms with Gasteiger partial charge in [0.15, 0.2) is 11.5 Å². The van der Waals surface area contributed by atoms with Gasteiger partial charge in [-0.2, -0.15) is 0 Å². The first-order chi connectivity index (χ1) is 14.1. The number of hydrogen-bond acceptors (Lipinski definition) is 5. The highest BCUT2D eigenvalue weighted by molar-refractivity contribution is 5.88. The lowest BCUT2D eigenvalue weighted by molar-refractivity contribution is 0.201. The molecule has 0 aliphatic rings. The van der Waals surface area contributed by atoms with Crippen molar-refractivity contribution in [3.05, 3.63) is 48.7 Å². The summed E-state index contributed by atoms with van der Waals surface area (Å²) in [5.74, 6) is 2.39. The Kier molecular flexibility index (Phi) is 6.39. The zero-order valence-corrected chi connectivity index (χ0v) is 16.7. The Morgan fingerprint density at radius 1 is 1.03 bits per heavy atom. The number of unbranched alkanes of at least 4 members (excludes halogenated alkanes) is 1. The van der Waals surface area contributed by atoms with Crippen LogP contribution >= 0.6 is 0 Å². The lowest BCUT2D eigenvalue weighted by atomic mass is 10.2. The molecular formula is C22H24N2O5. The van der Waals surface area contributed by atoms with E-state index in [1.165, 1.54) is 4.90 Å². The second kappa shape index (κ2) is 9.14. The molecule has 29 heavy (non-hydrogen) atoms. The van der Waals surface area contributed by atoms with Crippen LogP contribution in [0.15, 0.2) is 48.7 Å². The number of carboxylic acid groups (broad SMARTS) is 1. The molecule has 1 amide bonds. The Morgan fingerprint density at radius 2 is 1.72 bits per heavy atom. The van der Waals surface area contributed by atoms with E-state index in [1.54, 1.807) is 56.8 Å². The average Bonchev–Trinajstić information content (AvgIpc) is 2.74. The Morgan fingerprint density at radius 3 is 2.34 bits per heavy atom.